The number of rotatable bonds is 9. The molecule has 0 amide bonds. The molecule has 4 aromatic rings. The van der Waals surface area contributed by atoms with E-state index >= 15 is 0 Å². The average Bonchev–Trinajstić information content (AvgIpc) is 3.25. The highest BCUT2D eigenvalue weighted by molar-refractivity contribution is 8.04. The molecule has 0 aliphatic carbocycles. The number of aromatic amines is 1. The zero-order valence-electron chi connectivity index (χ0n) is 17.6. The van der Waals surface area contributed by atoms with Crippen LogP contribution in [0.15, 0.2) is 76.8 Å². The van der Waals surface area contributed by atoms with E-state index in [2.05, 4.69) is 33.4 Å². The van der Waals surface area contributed by atoms with Gasteiger partial charge >= 0.3 is 5.97 Å². The number of hydrogen-bond acceptors (Lipinski definition) is 5. The van der Waals surface area contributed by atoms with Gasteiger partial charge in [0, 0.05) is 12.0 Å². The van der Waals surface area contributed by atoms with E-state index in [0.717, 1.165) is 46.8 Å². The Hall–Kier alpha value is -3.58. The first-order valence-corrected chi connectivity index (χ1v) is 11.2. The van der Waals surface area contributed by atoms with Gasteiger partial charge in [0.2, 0.25) is 5.16 Å². The number of H-pyrrole nitrogens is 1. The number of thioether (sulfide) groups is 1. The maximum Gasteiger partial charge on any atom is 0.342 e. The highest BCUT2D eigenvalue weighted by Crippen LogP contribution is 2.30. The Morgan fingerprint density at radius 2 is 1.88 bits per heavy atom. The number of benzene rings is 3. The Morgan fingerprint density at radius 1 is 1.09 bits per heavy atom. The van der Waals surface area contributed by atoms with Crippen LogP contribution in [0.3, 0.4) is 0 Å². The number of carboxylic acid groups (broad SMARTS) is 1. The predicted molar refractivity (Wildman–Crippen MR) is 127 cm³/mol. The van der Waals surface area contributed by atoms with Crippen LogP contribution >= 0.6 is 11.8 Å². The normalized spacial score (nSPS) is 11.6. The first-order valence-electron chi connectivity index (χ1n) is 10.4. The number of para-hydroxylation sites is 1. The molecule has 0 aliphatic heterocycles. The third kappa shape index (κ3) is 5.18. The largest absolute Gasteiger partial charge is 0.488 e. The van der Waals surface area contributed by atoms with Crippen LogP contribution in [-0.4, -0.2) is 26.3 Å². The van der Waals surface area contributed by atoms with Crippen LogP contribution in [0.2, 0.25) is 0 Å². The zero-order valence-corrected chi connectivity index (χ0v) is 18.4. The second kappa shape index (κ2) is 10.2. The molecule has 0 unspecified atom stereocenters. The van der Waals surface area contributed by atoms with E-state index in [4.69, 9.17) is 4.74 Å². The summed E-state index contributed by atoms with van der Waals surface area (Å²) in [6.07, 6.45) is 3.30. The maximum atomic E-state index is 11.9. The molecule has 0 saturated carbocycles. The molecule has 4 rings (SSSR count). The molecule has 1 aromatic heterocycles. The van der Waals surface area contributed by atoms with Crippen molar-refractivity contribution in [1.82, 2.24) is 15.2 Å². The van der Waals surface area contributed by atoms with Crippen LogP contribution in [-0.2, 0) is 17.8 Å². The fourth-order valence-corrected chi connectivity index (χ4v) is 4.07. The van der Waals surface area contributed by atoms with Gasteiger partial charge in [0.1, 0.15) is 23.1 Å². The number of carbonyl (C=O) groups is 1. The third-order valence-corrected chi connectivity index (χ3v) is 5.76. The van der Waals surface area contributed by atoms with Gasteiger partial charge in [-0.3, -0.25) is 5.10 Å². The molecule has 0 saturated heterocycles. The minimum Gasteiger partial charge on any atom is -0.488 e. The molecule has 162 valence electrons. The van der Waals surface area contributed by atoms with Crippen molar-refractivity contribution in [2.45, 2.75) is 31.5 Å². The van der Waals surface area contributed by atoms with Gasteiger partial charge in [-0.2, -0.15) is 0 Å². The molecular formula is C25H23N3O3S. The summed E-state index contributed by atoms with van der Waals surface area (Å²) in [6.45, 7) is 2.43. The fraction of sp³-hybridized carbons (Fsp3) is 0.160. The molecule has 0 atom stereocenters. The van der Waals surface area contributed by atoms with Gasteiger partial charge in [-0.15, -0.1) is 5.10 Å². The average molecular weight is 446 g/mol. The number of nitrogens with one attached hydrogen (secondary N) is 1. The monoisotopic (exact) mass is 445 g/mol. The number of hydrogen-bond donors (Lipinski definition) is 2. The number of nitrogens with zero attached hydrogens (tertiary/aromatic N) is 2. The molecule has 2 N–H and O–H groups in total. The lowest BCUT2D eigenvalue weighted by Gasteiger charge is -2.12. The number of aliphatic carboxylic acids is 1. The first kappa shape index (κ1) is 21.6. The summed E-state index contributed by atoms with van der Waals surface area (Å²) in [7, 11) is 0. The van der Waals surface area contributed by atoms with Crippen LogP contribution in [0.4, 0.5) is 0 Å². The number of aryl methyl sites for hydroxylation is 1. The summed E-state index contributed by atoms with van der Waals surface area (Å²) in [6, 6.07) is 21.7. The second-order valence-corrected chi connectivity index (χ2v) is 8.20. The van der Waals surface area contributed by atoms with E-state index < -0.39 is 5.97 Å². The highest BCUT2D eigenvalue weighted by Gasteiger charge is 2.15. The minimum absolute atomic E-state index is 0.119. The SMILES string of the molecule is CCCc1nc(S/C(=C\c2ccccc2OCc2cccc3ccccc23)C(=O)O)n[nH]1. The Kier molecular flexibility index (Phi) is 6.87. The van der Waals surface area contributed by atoms with Crippen LogP contribution in [0.25, 0.3) is 16.8 Å². The lowest BCUT2D eigenvalue weighted by atomic mass is 10.1. The summed E-state index contributed by atoms with van der Waals surface area (Å²) in [4.78, 5) is 16.4. The maximum absolute atomic E-state index is 11.9. The van der Waals surface area contributed by atoms with E-state index in [9.17, 15) is 9.90 Å². The van der Waals surface area contributed by atoms with Crippen molar-refractivity contribution < 1.29 is 14.6 Å². The molecule has 32 heavy (non-hydrogen) atoms. The standard InChI is InChI=1S/C25H23N3O3S/c1-2-8-23-26-25(28-27-23)32-22(24(29)30)15-18-10-4-6-14-21(18)31-16-19-12-7-11-17-9-3-5-13-20(17)19/h3-7,9-15H,2,8,16H2,1H3,(H,29,30)(H,26,27,28)/b22-15-. The molecule has 3 aromatic carbocycles. The second-order valence-electron chi connectivity index (χ2n) is 7.20. The summed E-state index contributed by atoms with van der Waals surface area (Å²) in [5.74, 6) is 0.320. The molecule has 0 radical (unpaired) electrons. The molecule has 0 bridgehead atoms. The number of carboxylic acids is 1. The van der Waals surface area contributed by atoms with Gasteiger partial charge in [0.15, 0.2) is 0 Å². The topological polar surface area (TPSA) is 88.1 Å². The smallest absolute Gasteiger partial charge is 0.342 e. The van der Waals surface area contributed by atoms with E-state index in [1.807, 2.05) is 55.5 Å². The molecule has 1 heterocycles. The summed E-state index contributed by atoms with van der Waals surface area (Å²) >= 11 is 1.02. The number of ether oxygens (including phenoxy) is 1. The number of aromatic nitrogens is 3. The Balaban J connectivity index is 1.56. The Labute approximate surface area is 190 Å². The van der Waals surface area contributed by atoms with Crippen molar-refractivity contribution in [2.75, 3.05) is 0 Å². The van der Waals surface area contributed by atoms with Crippen molar-refractivity contribution in [3.05, 3.63) is 88.6 Å². The van der Waals surface area contributed by atoms with Crippen LogP contribution in [0, 0.1) is 0 Å². The van der Waals surface area contributed by atoms with Gasteiger partial charge in [-0.25, -0.2) is 9.78 Å². The summed E-state index contributed by atoms with van der Waals surface area (Å²) < 4.78 is 6.11. The van der Waals surface area contributed by atoms with Crippen LogP contribution < -0.4 is 4.74 Å². The van der Waals surface area contributed by atoms with E-state index in [1.54, 1.807) is 6.08 Å². The zero-order chi connectivity index (χ0) is 22.3. The molecule has 0 fully saturated rings. The first-order chi connectivity index (χ1) is 15.6. The van der Waals surface area contributed by atoms with Gasteiger partial charge in [-0.05, 0) is 46.7 Å². The van der Waals surface area contributed by atoms with Crippen LogP contribution in [0.1, 0.15) is 30.3 Å². The minimum atomic E-state index is -1.04. The van der Waals surface area contributed by atoms with Crippen LogP contribution in [0.5, 0.6) is 5.75 Å². The van der Waals surface area contributed by atoms with Crippen molar-refractivity contribution in [2.24, 2.45) is 0 Å². The Bertz CT molecular complexity index is 1260. The van der Waals surface area contributed by atoms with E-state index in [1.165, 1.54) is 0 Å². The predicted octanol–water partition coefficient (Wildman–Crippen LogP) is 5.71. The summed E-state index contributed by atoms with van der Waals surface area (Å²) in [5.41, 5.74) is 1.75. The van der Waals surface area contributed by atoms with Crippen molar-refractivity contribution in [1.29, 1.82) is 0 Å². The van der Waals surface area contributed by atoms with Crippen molar-refractivity contribution in [3.8, 4) is 5.75 Å². The quantitative estimate of drug-likeness (QED) is 0.254. The van der Waals surface area contributed by atoms with Crippen molar-refractivity contribution >= 4 is 34.6 Å². The lowest BCUT2D eigenvalue weighted by Crippen LogP contribution is -2.00. The fourth-order valence-electron chi connectivity index (χ4n) is 3.35. The molecule has 0 aliphatic rings. The number of fused-ring (bicyclic) bond motifs is 1. The lowest BCUT2D eigenvalue weighted by molar-refractivity contribution is -0.131. The molecule has 6 nitrogen and oxygen atoms in total. The third-order valence-electron chi connectivity index (χ3n) is 4.88. The van der Waals surface area contributed by atoms with Gasteiger partial charge in [-0.1, -0.05) is 67.6 Å². The highest BCUT2D eigenvalue weighted by atomic mass is 32.2. The molecule has 7 heteroatoms. The van der Waals surface area contributed by atoms with Crippen molar-refractivity contribution in [3.63, 3.8) is 0 Å². The molecular weight excluding hydrogens is 422 g/mol. The van der Waals surface area contributed by atoms with E-state index in [-0.39, 0.29) is 4.91 Å². The Morgan fingerprint density at radius 3 is 2.72 bits per heavy atom. The van der Waals surface area contributed by atoms with E-state index in [0.29, 0.717) is 23.1 Å². The summed E-state index contributed by atoms with van der Waals surface area (Å²) in [5, 5.41) is 19.4. The molecule has 0 spiro atoms. The van der Waals surface area contributed by atoms with Gasteiger partial charge in [0.25, 0.3) is 0 Å². The van der Waals surface area contributed by atoms with Gasteiger partial charge < -0.3 is 9.84 Å². The van der Waals surface area contributed by atoms with Gasteiger partial charge in [0.05, 0.1) is 0 Å².